The van der Waals surface area contributed by atoms with Crippen LogP contribution in [-0.2, 0) is 6.54 Å². The van der Waals surface area contributed by atoms with Crippen LogP contribution in [-0.4, -0.2) is 26.1 Å². The highest BCUT2D eigenvalue weighted by atomic mass is 16.1. The Bertz CT molecular complexity index is 1170. The molecule has 28 heavy (non-hydrogen) atoms. The average molecular weight is 372 g/mol. The lowest BCUT2D eigenvalue weighted by atomic mass is 10.0. The standard InChI is InChI=1S/C21H20N6O/c1-12-17(18-15(19(22)28)9-6-10-16(18)24-12)21-25-20(13(2)26-27-21)23-11-14-7-4-3-5-8-14/h3-10,24H,11H2,1-2H3,(H2,22,28)(H,23,25,27). The number of aryl methyl sites for hydroxylation is 2. The SMILES string of the molecule is Cc1nnc(-c2c(C)[nH]c3cccc(C(N)=O)c23)nc1NCc1ccccc1. The van der Waals surface area contributed by atoms with Crippen molar-refractivity contribution in [1.82, 2.24) is 20.2 Å². The van der Waals surface area contributed by atoms with E-state index in [0.29, 0.717) is 34.8 Å². The van der Waals surface area contributed by atoms with Gasteiger partial charge in [-0.2, -0.15) is 0 Å². The Hall–Kier alpha value is -3.74. The van der Waals surface area contributed by atoms with Crippen molar-refractivity contribution in [3.8, 4) is 11.4 Å². The van der Waals surface area contributed by atoms with Crippen LogP contribution in [0.5, 0.6) is 0 Å². The summed E-state index contributed by atoms with van der Waals surface area (Å²) in [7, 11) is 0. The van der Waals surface area contributed by atoms with E-state index in [1.54, 1.807) is 12.1 Å². The van der Waals surface area contributed by atoms with Gasteiger partial charge in [0.15, 0.2) is 11.6 Å². The summed E-state index contributed by atoms with van der Waals surface area (Å²) in [5.74, 6) is 0.603. The number of amides is 1. The van der Waals surface area contributed by atoms with Gasteiger partial charge in [0, 0.05) is 28.7 Å². The number of primary amides is 1. The van der Waals surface area contributed by atoms with Gasteiger partial charge in [-0.3, -0.25) is 4.79 Å². The average Bonchev–Trinajstić information content (AvgIpc) is 3.04. The van der Waals surface area contributed by atoms with E-state index >= 15 is 0 Å². The molecule has 4 N–H and O–H groups in total. The molecular formula is C21H20N6O. The minimum absolute atomic E-state index is 0.430. The third-order valence-corrected chi connectivity index (χ3v) is 4.66. The van der Waals surface area contributed by atoms with Crippen molar-refractivity contribution in [1.29, 1.82) is 0 Å². The maximum absolute atomic E-state index is 11.9. The normalized spacial score (nSPS) is 10.9. The maximum Gasteiger partial charge on any atom is 0.249 e. The maximum atomic E-state index is 11.9. The number of hydrogen-bond acceptors (Lipinski definition) is 5. The van der Waals surface area contributed by atoms with E-state index in [9.17, 15) is 4.79 Å². The molecule has 4 aromatic rings. The molecule has 0 saturated carbocycles. The molecule has 140 valence electrons. The predicted molar refractivity (Wildman–Crippen MR) is 109 cm³/mol. The van der Waals surface area contributed by atoms with Gasteiger partial charge in [0.05, 0.1) is 5.56 Å². The zero-order chi connectivity index (χ0) is 19.7. The van der Waals surface area contributed by atoms with Crippen LogP contribution in [0.2, 0.25) is 0 Å². The number of rotatable bonds is 5. The fourth-order valence-corrected chi connectivity index (χ4v) is 3.30. The molecular weight excluding hydrogens is 352 g/mol. The summed E-state index contributed by atoms with van der Waals surface area (Å²) in [5, 5.41) is 12.6. The summed E-state index contributed by atoms with van der Waals surface area (Å²) in [5.41, 5.74) is 10.3. The molecule has 0 unspecified atom stereocenters. The predicted octanol–water partition coefficient (Wildman–Crippen LogP) is 3.35. The van der Waals surface area contributed by atoms with Crippen molar-refractivity contribution in [2.75, 3.05) is 5.32 Å². The second-order valence-electron chi connectivity index (χ2n) is 6.63. The van der Waals surface area contributed by atoms with Crippen LogP contribution in [0, 0.1) is 13.8 Å². The minimum atomic E-state index is -0.492. The number of nitrogens with two attached hydrogens (primary N) is 1. The molecule has 0 aliphatic carbocycles. The molecule has 7 heteroatoms. The van der Waals surface area contributed by atoms with E-state index in [4.69, 9.17) is 5.73 Å². The fraction of sp³-hybridized carbons (Fsp3) is 0.143. The molecule has 0 spiro atoms. The number of nitrogens with zero attached hydrogens (tertiary/aromatic N) is 3. The van der Waals surface area contributed by atoms with Crippen molar-refractivity contribution in [2.24, 2.45) is 5.73 Å². The smallest absolute Gasteiger partial charge is 0.249 e. The number of anilines is 1. The Morgan fingerprint density at radius 3 is 2.61 bits per heavy atom. The zero-order valence-electron chi connectivity index (χ0n) is 15.7. The van der Waals surface area contributed by atoms with Crippen molar-refractivity contribution >= 4 is 22.6 Å². The van der Waals surface area contributed by atoms with Gasteiger partial charge in [-0.1, -0.05) is 36.4 Å². The molecule has 1 amide bonds. The van der Waals surface area contributed by atoms with Crippen LogP contribution in [0.15, 0.2) is 48.5 Å². The molecule has 2 aromatic carbocycles. The van der Waals surface area contributed by atoms with E-state index in [1.807, 2.05) is 50.2 Å². The number of aromatic amines is 1. The molecule has 0 aliphatic rings. The molecule has 2 aromatic heterocycles. The molecule has 2 heterocycles. The molecule has 0 radical (unpaired) electrons. The summed E-state index contributed by atoms with van der Waals surface area (Å²) in [4.78, 5) is 19.9. The second kappa shape index (κ2) is 7.11. The highest BCUT2D eigenvalue weighted by Gasteiger charge is 2.19. The van der Waals surface area contributed by atoms with Gasteiger partial charge in [0.1, 0.15) is 5.69 Å². The summed E-state index contributed by atoms with van der Waals surface area (Å²) in [6.07, 6.45) is 0. The quantitative estimate of drug-likeness (QED) is 0.498. The summed E-state index contributed by atoms with van der Waals surface area (Å²) in [6.45, 7) is 4.40. The Morgan fingerprint density at radius 1 is 1.07 bits per heavy atom. The number of carbonyl (C=O) groups excluding carboxylic acids is 1. The molecule has 0 aliphatic heterocycles. The molecule has 4 rings (SSSR count). The zero-order valence-corrected chi connectivity index (χ0v) is 15.7. The number of H-pyrrole nitrogens is 1. The van der Waals surface area contributed by atoms with Crippen molar-refractivity contribution in [3.63, 3.8) is 0 Å². The van der Waals surface area contributed by atoms with Crippen LogP contribution in [0.3, 0.4) is 0 Å². The van der Waals surface area contributed by atoms with Crippen LogP contribution < -0.4 is 11.1 Å². The Labute approximate surface area is 162 Å². The van der Waals surface area contributed by atoms with E-state index in [1.165, 1.54) is 0 Å². The van der Waals surface area contributed by atoms with Gasteiger partial charge in [-0.05, 0) is 31.5 Å². The van der Waals surface area contributed by atoms with Gasteiger partial charge >= 0.3 is 0 Å². The molecule has 0 bridgehead atoms. The lowest BCUT2D eigenvalue weighted by molar-refractivity contribution is 0.100. The first-order chi connectivity index (χ1) is 13.5. The topological polar surface area (TPSA) is 110 Å². The summed E-state index contributed by atoms with van der Waals surface area (Å²) < 4.78 is 0. The largest absolute Gasteiger partial charge is 0.366 e. The molecule has 7 nitrogen and oxygen atoms in total. The number of carbonyl (C=O) groups is 1. The highest BCUT2D eigenvalue weighted by Crippen LogP contribution is 2.33. The molecule has 0 fully saturated rings. The molecule has 0 saturated heterocycles. The van der Waals surface area contributed by atoms with Gasteiger partial charge in [-0.25, -0.2) is 4.98 Å². The van der Waals surface area contributed by atoms with Crippen LogP contribution >= 0.6 is 0 Å². The third kappa shape index (κ3) is 3.18. The Balaban J connectivity index is 1.78. The van der Waals surface area contributed by atoms with Crippen LogP contribution in [0.4, 0.5) is 5.82 Å². The van der Waals surface area contributed by atoms with E-state index in [2.05, 4.69) is 25.5 Å². The number of aromatic nitrogens is 4. The van der Waals surface area contributed by atoms with E-state index in [-0.39, 0.29) is 0 Å². The first-order valence-corrected chi connectivity index (χ1v) is 8.95. The fourth-order valence-electron chi connectivity index (χ4n) is 3.30. The minimum Gasteiger partial charge on any atom is -0.366 e. The first kappa shape index (κ1) is 17.7. The first-order valence-electron chi connectivity index (χ1n) is 8.95. The number of fused-ring (bicyclic) bond motifs is 1. The monoisotopic (exact) mass is 372 g/mol. The summed E-state index contributed by atoms with van der Waals surface area (Å²) in [6, 6.07) is 15.5. The van der Waals surface area contributed by atoms with Crippen molar-refractivity contribution < 1.29 is 4.79 Å². The van der Waals surface area contributed by atoms with E-state index < -0.39 is 5.91 Å². The van der Waals surface area contributed by atoms with Crippen LogP contribution in [0.25, 0.3) is 22.3 Å². The Morgan fingerprint density at radius 2 is 1.86 bits per heavy atom. The second-order valence-corrected chi connectivity index (χ2v) is 6.63. The van der Waals surface area contributed by atoms with Gasteiger partial charge in [0.25, 0.3) is 0 Å². The van der Waals surface area contributed by atoms with Gasteiger partial charge < -0.3 is 16.0 Å². The molecule has 0 atom stereocenters. The highest BCUT2D eigenvalue weighted by molar-refractivity contribution is 6.11. The van der Waals surface area contributed by atoms with Crippen molar-refractivity contribution in [2.45, 2.75) is 20.4 Å². The van der Waals surface area contributed by atoms with Crippen LogP contribution in [0.1, 0.15) is 27.3 Å². The lowest BCUT2D eigenvalue weighted by Crippen LogP contribution is -2.11. The number of nitrogens with one attached hydrogen (secondary N) is 2. The number of benzene rings is 2. The number of hydrogen-bond donors (Lipinski definition) is 3. The summed E-state index contributed by atoms with van der Waals surface area (Å²) >= 11 is 0. The van der Waals surface area contributed by atoms with Crippen molar-refractivity contribution in [3.05, 3.63) is 71.0 Å². The van der Waals surface area contributed by atoms with E-state index in [0.717, 1.165) is 22.3 Å². The lowest BCUT2D eigenvalue weighted by Gasteiger charge is -2.10. The van der Waals surface area contributed by atoms with Gasteiger partial charge in [0.2, 0.25) is 5.91 Å². The third-order valence-electron chi connectivity index (χ3n) is 4.66. The van der Waals surface area contributed by atoms with Gasteiger partial charge in [-0.15, -0.1) is 10.2 Å². The Kier molecular flexibility index (Phi) is 4.49.